The van der Waals surface area contributed by atoms with Gasteiger partial charge in [-0.2, -0.15) is 0 Å². The summed E-state index contributed by atoms with van der Waals surface area (Å²) in [5.41, 5.74) is 7.47. The molecule has 4 heteroatoms. The van der Waals surface area contributed by atoms with Crippen LogP contribution < -0.4 is 5.73 Å². The largest absolute Gasteiger partial charge is 0.469 e. The Bertz CT molecular complexity index is 550. The molecule has 0 saturated carbocycles. The number of carbonyl (C=O) groups excluding carboxylic acids is 1. The molecule has 2 rings (SSSR count). The zero-order valence-corrected chi connectivity index (χ0v) is 11.9. The lowest BCUT2D eigenvalue weighted by Crippen LogP contribution is -2.10. The van der Waals surface area contributed by atoms with E-state index >= 15 is 0 Å². The first-order chi connectivity index (χ1) is 9.22. The van der Waals surface area contributed by atoms with Gasteiger partial charge < -0.3 is 10.5 Å². The number of hydrogen-bond donors (Lipinski definition) is 1. The first kappa shape index (κ1) is 14.0. The summed E-state index contributed by atoms with van der Waals surface area (Å²) >= 11 is 1.74. The Morgan fingerprint density at radius 1 is 1.37 bits per heavy atom. The molecule has 0 fully saturated rings. The van der Waals surface area contributed by atoms with Gasteiger partial charge in [-0.1, -0.05) is 24.6 Å². The highest BCUT2D eigenvalue weighted by Crippen LogP contribution is 2.31. The van der Waals surface area contributed by atoms with Gasteiger partial charge in [-0.3, -0.25) is 4.79 Å². The third-order valence-corrected chi connectivity index (χ3v) is 4.27. The summed E-state index contributed by atoms with van der Waals surface area (Å²) in [6.07, 6.45) is 3.16. The highest BCUT2D eigenvalue weighted by molar-refractivity contribution is 7.17. The SMILES string of the molecule is COC(=O)CCCCC(N)c1csc2ccccc12. The molecule has 1 aromatic carbocycles. The van der Waals surface area contributed by atoms with Crippen LogP contribution in [-0.4, -0.2) is 13.1 Å². The average molecular weight is 277 g/mol. The smallest absolute Gasteiger partial charge is 0.305 e. The summed E-state index contributed by atoms with van der Waals surface area (Å²) in [4.78, 5) is 11.0. The zero-order chi connectivity index (χ0) is 13.7. The summed E-state index contributed by atoms with van der Waals surface area (Å²) in [6.45, 7) is 0. The number of esters is 1. The minimum absolute atomic E-state index is 0.0498. The quantitative estimate of drug-likeness (QED) is 0.648. The van der Waals surface area contributed by atoms with Crippen LogP contribution in [-0.2, 0) is 9.53 Å². The van der Waals surface area contributed by atoms with Crippen LogP contribution in [0.4, 0.5) is 0 Å². The van der Waals surface area contributed by atoms with Crippen LogP contribution in [0.5, 0.6) is 0 Å². The number of ether oxygens (including phenoxy) is 1. The molecular formula is C15H19NO2S. The lowest BCUT2D eigenvalue weighted by molar-refractivity contribution is -0.140. The Morgan fingerprint density at radius 3 is 2.95 bits per heavy atom. The summed E-state index contributed by atoms with van der Waals surface area (Å²) < 4.78 is 5.90. The van der Waals surface area contributed by atoms with E-state index in [1.807, 2.05) is 12.1 Å². The molecule has 1 unspecified atom stereocenters. The van der Waals surface area contributed by atoms with Crippen molar-refractivity contribution in [1.82, 2.24) is 0 Å². The number of nitrogens with two attached hydrogens (primary N) is 1. The molecule has 102 valence electrons. The maximum absolute atomic E-state index is 11.0. The van der Waals surface area contributed by atoms with Crippen LogP contribution in [0.1, 0.15) is 37.3 Å². The second-order valence-electron chi connectivity index (χ2n) is 4.62. The molecule has 1 heterocycles. The number of fused-ring (bicyclic) bond motifs is 1. The van der Waals surface area contributed by atoms with Crippen molar-refractivity contribution in [2.75, 3.05) is 7.11 Å². The van der Waals surface area contributed by atoms with Crippen molar-refractivity contribution in [3.8, 4) is 0 Å². The van der Waals surface area contributed by atoms with E-state index < -0.39 is 0 Å². The topological polar surface area (TPSA) is 52.3 Å². The number of hydrogen-bond acceptors (Lipinski definition) is 4. The van der Waals surface area contributed by atoms with E-state index in [-0.39, 0.29) is 12.0 Å². The molecule has 2 N–H and O–H groups in total. The van der Waals surface area contributed by atoms with Crippen molar-refractivity contribution in [3.05, 3.63) is 35.2 Å². The Hall–Kier alpha value is -1.39. The van der Waals surface area contributed by atoms with Gasteiger partial charge in [-0.05, 0) is 35.2 Å². The molecule has 0 saturated heterocycles. The summed E-state index contributed by atoms with van der Waals surface area (Å²) in [6, 6.07) is 8.38. The second kappa shape index (κ2) is 6.68. The fourth-order valence-electron chi connectivity index (χ4n) is 2.18. The standard InChI is InChI=1S/C15H19NO2S/c1-18-15(17)9-5-3-7-13(16)12-10-19-14-8-4-2-6-11(12)14/h2,4,6,8,10,13H,3,5,7,9,16H2,1H3. The van der Waals surface area contributed by atoms with Gasteiger partial charge in [0, 0.05) is 17.2 Å². The molecule has 1 atom stereocenters. The van der Waals surface area contributed by atoms with E-state index in [9.17, 15) is 4.79 Å². The van der Waals surface area contributed by atoms with Gasteiger partial charge in [0.05, 0.1) is 7.11 Å². The van der Waals surface area contributed by atoms with Crippen LogP contribution in [0.15, 0.2) is 29.6 Å². The molecule has 19 heavy (non-hydrogen) atoms. The zero-order valence-electron chi connectivity index (χ0n) is 11.1. The van der Waals surface area contributed by atoms with Crippen molar-refractivity contribution in [3.63, 3.8) is 0 Å². The predicted octanol–water partition coefficient (Wildman–Crippen LogP) is 3.63. The van der Waals surface area contributed by atoms with Crippen molar-refractivity contribution >= 4 is 27.4 Å². The van der Waals surface area contributed by atoms with E-state index in [4.69, 9.17) is 5.73 Å². The highest BCUT2D eigenvalue weighted by atomic mass is 32.1. The first-order valence-electron chi connectivity index (χ1n) is 6.51. The maximum atomic E-state index is 11.0. The minimum atomic E-state index is -0.144. The second-order valence-corrected chi connectivity index (χ2v) is 5.53. The van der Waals surface area contributed by atoms with E-state index in [1.54, 1.807) is 11.3 Å². The fourth-order valence-corrected chi connectivity index (χ4v) is 3.20. The van der Waals surface area contributed by atoms with Gasteiger partial charge in [0.25, 0.3) is 0 Å². The van der Waals surface area contributed by atoms with E-state index in [0.717, 1.165) is 19.3 Å². The fraction of sp³-hybridized carbons (Fsp3) is 0.400. The molecule has 0 spiro atoms. The van der Waals surface area contributed by atoms with E-state index in [1.165, 1.54) is 22.8 Å². The average Bonchev–Trinajstić information content (AvgIpc) is 2.87. The molecular weight excluding hydrogens is 258 g/mol. The molecule has 3 nitrogen and oxygen atoms in total. The van der Waals surface area contributed by atoms with Gasteiger partial charge in [0.15, 0.2) is 0 Å². The number of carbonyl (C=O) groups is 1. The number of rotatable bonds is 6. The van der Waals surface area contributed by atoms with Crippen LogP contribution in [0.25, 0.3) is 10.1 Å². The molecule has 0 aliphatic rings. The number of unbranched alkanes of at least 4 members (excludes halogenated alkanes) is 1. The summed E-state index contributed by atoms with van der Waals surface area (Å²) in [5.74, 6) is -0.144. The Morgan fingerprint density at radius 2 is 2.16 bits per heavy atom. The van der Waals surface area contributed by atoms with Gasteiger partial charge in [0.1, 0.15) is 0 Å². The minimum Gasteiger partial charge on any atom is -0.469 e. The van der Waals surface area contributed by atoms with Gasteiger partial charge in [-0.25, -0.2) is 0 Å². The molecule has 2 aromatic rings. The van der Waals surface area contributed by atoms with E-state index in [2.05, 4.69) is 22.2 Å². The molecule has 0 aliphatic heterocycles. The Labute approximate surface area is 117 Å². The number of thiophene rings is 1. The van der Waals surface area contributed by atoms with Crippen molar-refractivity contribution < 1.29 is 9.53 Å². The molecule has 0 radical (unpaired) electrons. The van der Waals surface area contributed by atoms with Crippen molar-refractivity contribution in [1.29, 1.82) is 0 Å². The first-order valence-corrected chi connectivity index (χ1v) is 7.39. The Kier molecular flexibility index (Phi) is 4.93. The van der Waals surface area contributed by atoms with Crippen LogP contribution in [0.3, 0.4) is 0 Å². The lowest BCUT2D eigenvalue weighted by Gasteiger charge is -2.10. The third kappa shape index (κ3) is 3.55. The molecule has 0 amide bonds. The summed E-state index contributed by atoms with van der Waals surface area (Å²) in [5, 5.41) is 3.41. The van der Waals surface area contributed by atoms with Crippen LogP contribution in [0, 0.1) is 0 Å². The third-order valence-electron chi connectivity index (χ3n) is 3.28. The van der Waals surface area contributed by atoms with Crippen molar-refractivity contribution in [2.45, 2.75) is 31.7 Å². The molecule has 0 aliphatic carbocycles. The number of methoxy groups -OCH3 is 1. The van der Waals surface area contributed by atoms with Crippen LogP contribution in [0.2, 0.25) is 0 Å². The number of benzene rings is 1. The molecule has 1 aromatic heterocycles. The lowest BCUT2D eigenvalue weighted by atomic mass is 10.0. The molecule has 0 bridgehead atoms. The van der Waals surface area contributed by atoms with Gasteiger partial charge in [-0.15, -0.1) is 11.3 Å². The highest BCUT2D eigenvalue weighted by Gasteiger charge is 2.11. The van der Waals surface area contributed by atoms with E-state index in [0.29, 0.717) is 6.42 Å². The van der Waals surface area contributed by atoms with Crippen LogP contribution >= 0.6 is 11.3 Å². The van der Waals surface area contributed by atoms with Gasteiger partial charge >= 0.3 is 5.97 Å². The predicted molar refractivity (Wildman–Crippen MR) is 79.2 cm³/mol. The Balaban J connectivity index is 1.89. The van der Waals surface area contributed by atoms with Crippen molar-refractivity contribution in [2.24, 2.45) is 5.73 Å². The normalized spacial score (nSPS) is 12.5. The summed E-state index contributed by atoms with van der Waals surface area (Å²) in [7, 11) is 1.42. The monoisotopic (exact) mass is 277 g/mol. The van der Waals surface area contributed by atoms with Gasteiger partial charge in [0.2, 0.25) is 0 Å². The maximum Gasteiger partial charge on any atom is 0.305 e.